The van der Waals surface area contributed by atoms with Gasteiger partial charge in [-0.1, -0.05) is 12.1 Å². The monoisotopic (exact) mass is 334 g/mol. The molecule has 2 N–H and O–H groups in total. The van der Waals surface area contributed by atoms with Crippen LogP contribution in [-0.2, 0) is 4.79 Å². The van der Waals surface area contributed by atoms with Gasteiger partial charge in [0.15, 0.2) is 11.6 Å². The van der Waals surface area contributed by atoms with Gasteiger partial charge in [-0.25, -0.2) is 8.78 Å². The summed E-state index contributed by atoms with van der Waals surface area (Å²) < 4.78 is 31.4. The molecule has 0 radical (unpaired) electrons. The number of benzene rings is 2. The third-order valence-electron chi connectivity index (χ3n) is 3.64. The molecule has 0 spiro atoms. The van der Waals surface area contributed by atoms with Crippen LogP contribution >= 0.6 is 0 Å². The van der Waals surface area contributed by atoms with Gasteiger partial charge in [-0.15, -0.1) is 0 Å². The number of methoxy groups -OCH3 is 1. The van der Waals surface area contributed by atoms with Gasteiger partial charge < -0.3 is 15.4 Å². The van der Waals surface area contributed by atoms with Crippen molar-refractivity contribution in [3.05, 3.63) is 59.2 Å². The van der Waals surface area contributed by atoms with Gasteiger partial charge in [-0.05, 0) is 49.2 Å². The molecule has 6 heteroatoms. The average molecular weight is 334 g/mol. The molecule has 0 aliphatic rings. The van der Waals surface area contributed by atoms with Crippen molar-refractivity contribution < 1.29 is 18.3 Å². The molecule has 128 valence electrons. The van der Waals surface area contributed by atoms with E-state index in [4.69, 9.17) is 4.74 Å². The number of rotatable bonds is 6. The molecule has 0 unspecified atom stereocenters. The summed E-state index contributed by atoms with van der Waals surface area (Å²) in [7, 11) is 1.53. The van der Waals surface area contributed by atoms with Crippen LogP contribution in [-0.4, -0.2) is 19.6 Å². The molecule has 0 aliphatic heterocycles. The summed E-state index contributed by atoms with van der Waals surface area (Å²) >= 11 is 0. The van der Waals surface area contributed by atoms with Crippen LogP contribution in [0.4, 0.5) is 14.5 Å². The van der Waals surface area contributed by atoms with Crippen molar-refractivity contribution in [2.45, 2.75) is 19.9 Å². The lowest BCUT2D eigenvalue weighted by atomic mass is 10.1. The number of hydrogen-bond acceptors (Lipinski definition) is 3. The molecule has 0 heterocycles. The van der Waals surface area contributed by atoms with Crippen molar-refractivity contribution in [3.63, 3.8) is 0 Å². The van der Waals surface area contributed by atoms with Crippen molar-refractivity contribution in [2.75, 3.05) is 19.0 Å². The van der Waals surface area contributed by atoms with E-state index in [2.05, 4.69) is 10.6 Å². The predicted octanol–water partition coefficient (Wildman–Crippen LogP) is 3.57. The Morgan fingerprint density at radius 2 is 1.92 bits per heavy atom. The van der Waals surface area contributed by atoms with Crippen LogP contribution in [0.3, 0.4) is 0 Å². The molecule has 0 fully saturated rings. The molecule has 2 rings (SSSR count). The maximum Gasteiger partial charge on any atom is 0.238 e. The average Bonchev–Trinajstić information content (AvgIpc) is 2.55. The summed E-state index contributed by atoms with van der Waals surface area (Å²) in [5.41, 5.74) is 2.15. The van der Waals surface area contributed by atoms with Crippen molar-refractivity contribution >= 4 is 11.6 Å². The number of carbonyl (C=O) groups is 1. The summed E-state index contributed by atoms with van der Waals surface area (Å²) in [4.78, 5) is 12.1. The highest BCUT2D eigenvalue weighted by molar-refractivity contribution is 5.93. The van der Waals surface area contributed by atoms with Crippen LogP contribution < -0.4 is 15.4 Å². The molecular formula is C18H20F2N2O2. The van der Waals surface area contributed by atoms with Crippen molar-refractivity contribution in [3.8, 4) is 5.75 Å². The lowest BCUT2D eigenvalue weighted by molar-refractivity contribution is -0.115. The number of ether oxygens (including phenoxy) is 1. The fraction of sp³-hybridized carbons (Fsp3) is 0.278. The van der Waals surface area contributed by atoms with Gasteiger partial charge >= 0.3 is 0 Å². The molecule has 24 heavy (non-hydrogen) atoms. The van der Waals surface area contributed by atoms with E-state index in [0.29, 0.717) is 17.0 Å². The second-order valence-electron chi connectivity index (χ2n) is 5.53. The molecule has 2 aromatic rings. The van der Waals surface area contributed by atoms with Crippen LogP contribution in [0.2, 0.25) is 0 Å². The molecule has 0 saturated carbocycles. The van der Waals surface area contributed by atoms with E-state index in [0.717, 1.165) is 17.7 Å². The van der Waals surface area contributed by atoms with Gasteiger partial charge in [-0.2, -0.15) is 0 Å². The number of halogens is 2. The summed E-state index contributed by atoms with van der Waals surface area (Å²) in [6, 6.07) is 8.85. The van der Waals surface area contributed by atoms with Crippen LogP contribution in [0.15, 0.2) is 36.4 Å². The maximum absolute atomic E-state index is 13.3. The SMILES string of the molecule is COc1ccc(C)cc1NC(=O)CN[C@H](C)c1ccc(F)c(F)c1. The first kappa shape index (κ1) is 17.9. The minimum Gasteiger partial charge on any atom is -0.495 e. The number of anilines is 1. The zero-order chi connectivity index (χ0) is 17.7. The third kappa shape index (κ3) is 4.52. The lowest BCUT2D eigenvalue weighted by Crippen LogP contribution is -2.30. The van der Waals surface area contributed by atoms with E-state index >= 15 is 0 Å². The van der Waals surface area contributed by atoms with Crippen LogP contribution in [0.1, 0.15) is 24.1 Å². The molecular weight excluding hydrogens is 314 g/mol. The Morgan fingerprint density at radius 3 is 2.58 bits per heavy atom. The Morgan fingerprint density at radius 1 is 1.17 bits per heavy atom. The molecule has 0 aromatic heterocycles. The first-order chi connectivity index (χ1) is 11.4. The number of amides is 1. The molecule has 0 saturated heterocycles. The standard InChI is InChI=1S/C18H20F2N2O2/c1-11-4-7-17(24-3)16(8-11)22-18(23)10-21-12(2)13-5-6-14(19)15(20)9-13/h4-9,12,21H,10H2,1-3H3,(H,22,23)/t12-/m1/s1. The van der Waals surface area contributed by atoms with E-state index in [-0.39, 0.29) is 18.5 Å². The van der Waals surface area contributed by atoms with Gasteiger partial charge in [0.1, 0.15) is 5.75 Å². The largest absolute Gasteiger partial charge is 0.495 e. The Kier molecular flexibility index (Phi) is 5.87. The minimum atomic E-state index is -0.907. The number of carbonyl (C=O) groups excluding carboxylic acids is 1. The zero-order valence-corrected chi connectivity index (χ0v) is 13.8. The third-order valence-corrected chi connectivity index (χ3v) is 3.64. The van der Waals surface area contributed by atoms with Crippen LogP contribution in [0.5, 0.6) is 5.75 Å². The van der Waals surface area contributed by atoms with Gasteiger partial charge in [-0.3, -0.25) is 4.79 Å². The quantitative estimate of drug-likeness (QED) is 0.849. The Labute approximate surface area is 139 Å². The molecule has 0 aliphatic carbocycles. The first-order valence-electron chi connectivity index (χ1n) is 7.53. The van der Waals surface area contributed by atoms with E-state index in [1.54, 1.807) is 13.0 Å². The minimum absolute atomic E-state index is 0.0251. The second kappa shape index (κ2) is 7.88. The summed E-state index contributed by atoms with van der Waals surface area (Å²) in [5.74, 6) is -1.48. The van der Waals surface area contributed by atoms with Crippen molar-refractivity contribution in [1.29, 1.82) is 0 Å². The number of nitrogens with one attached hydrogen (secondary N) is 2. The van der Waals surface area contributed by atoms with Gasteiger partial charge in [0, 0.05) is 6.04 Å². The maximum atomic E-state index is 13.3. The van der Waals surface area contributed by atoms with Crippen molar-refractivity contribution in [1.82, 2.24) is 5.32 Å². The Balaban J connectivity index is 1.95. The van der Waals surface area contributed by atoms with Crippen LogP contribution in [0.25, 0.3) is 0 Å². The summed E-state index contributed by atoms with van der Waals surface area (Å²) in [6.45, 7) is 3.71. The van der Waals surface area contributed by atoms with E-state index in [9.17, 15) is 13.6 Å². The number of hydrogen-bond donors (Lipinski definition) is 2. The highest BCUT2D eigenvalue weighted by Crippen LogP contribution is 2.25. The van der Waals surface area contributed by atoms with Gasteiger partial charge in [0.2, 0.25) is 5.91 Å². The lowest BCUT2D eigenvalue weighted by Gasteiger charge is -2.15. The fourth-order valence-corrected chi connectivity index (χ4v) is 2.26. The van der Waals surface area contributed by atoms with Crippen molar-refractivity contribution in [2.24, 2.45) is 0 Å². The number of aryl methyl sites for hydroxylation is 1. The van der Waals surface area contributed by atoms with E-state index in [1.165, 1.54) is 13.2 Å². The molecule has 1 amide bonds. The summed E-state index contributed by atoms with van der Waals surface area (Å²) in [6.07, 6.45) is 0. The Hall–Kier alpha value is -2.47. The molecule has 2 aromatic carbocycles. The normalized spacial score (nSPS) is 11.9. The topological polar surface area (TPSA) is 50.4 Å². The van der Waals surface area contributed by atoms with Crippen LogP contribution in [0, 0.1) is 18.6 Å². The molecule has 4 nitrogen and oxygen atoms in total. The van der Waals surface area contributed by atoms with E-state index < -0.39 is 11.6 Å². The highest BCUT2D eigenvalue weighted by atomic mass is 19.2. The van der Waals surface area contributed by atoms with Gasteiger partial charge in [0.05, 0.1) is 19.3 Å². The highest BCUT2D eigenvalue weighted by Gasteiger charge is 2.12. The zero-order valence-electron chi connectivity index (χ0n) is 13.8. The predicted molar refractivity (Wildman–Crippen MR) is 89.1 cm³/mol. The van der Waals surface area contributed by atoms with E-state index in [1.807, 2.05) is 19.1 Å². The molecule has 0 bridgehead atoms. The summed E-state index contributed by atoms with van der Waals surface area (Å²) in [5, 5.41) is 5.74. The smallest absolute Gasteiger partial charge is 0.238 e. The molecule has 1 atom stereocenters. The second-order valence-corrected chi connectivity index (χ2v) is 5.53. The first-order valence-corrected chi connectivity index (χ1v) is 7.53. The fourth-order valence-electron chi connectivity index (χ4n) is 2.26. The van der Waals surface area contributed by atoms with Gasteiger partial charge in [0.25, 0.3) is 0 Å². The Bertz CT molecular complexity index is 735.